The molecule has 0 saturated heterocycles. The van der Waals surface area contributed by atoms with Crippen LogP contribution in [0.4, 0.5) is 11.5 Å². The summed E-state index contributed by atoms with van der Waals surface area (Å²) < 4.78 is 5.35. The molecule has 0 amide bonds. The van der Waals surface area contributed by atoms with Gasteiger partial charge in [-0.3, -0.25) is 10.1 Å². The Bertz CT molecular complexity index is 649. The van der Waals surface area contributed by atoms with Crippen LogP contribution in [0.25, 0.3) is 0 Å². The van der Waals surface area contributed by atoms with E-state index in [0.29, 0.717) is 10.0 Å². The first-order valence-electron chi connectivity index (χ1n) is 5.00. The molecule has 0 spiro atoms. The summed E-state index contributed by atoms with van der Waals surface area (Å²) in [5, 5.41) is 11.4. The molecule has 0 aliphatic rings. The molecule has 0 aliphatic heterocycles. The number of rotatable bonds is 3. The number of aromatic nitrogens is 1. The number of ether oxygens (including phenoxy) is 1. The van der Waals surface area contributed by atoms with E-state index < -0.39 is 4.92 Å². The molecule has 2 rings (SSSR count). The fraction of sp³-hybridized carbons (Fsp3) is 0. The van der Waals surface area contributed by atoms with Gasteiger partial charge in [-0.1, -0.05) is 23.2 Å². The van der Waals surface area contributed by atoms with Gasteiger partial charge in [0.2, 0.25) is 5.88 Å². The van der Waals surface area contributed by atoms with Crippen molar-refractivity contribution in [3.8, 4) is 11.6 Å². The molecule has 0 bridgehead atoms. The molecule has 98 valence electrons. The Labute approximate surface area is 117 Å². The van der Waals surface area contributed by atoms with Gasteiger partial charge in [0.1, 0.15) is 11.6 Å². The standard InChI is InChI=1S/C11H7Cl2N3O3/c12-6-1-2-8(13)9(3-6)19-11-5-7(16(17)18)4-10(14)15-11/h1-5H,(H2,14,15). The number of hydrogen-bond donors (Lipinski definition) is 1. The molecule has 1 heterocycles. The lowest BCUT2D eigenvalue weighted by molar-refractivity contribution is -0.384. The molecule has 19 heavy (non-hydrogen) atoms. The molecule has 1 aromatic heterocycles. The highest BCUT2D eigenvalue weighted by atomic mass is 35.5. The highest BCUT2D eigenvalue weighted by Gasteiger charge is 2.12. The van der Waals surface area contributed by atoms with Crippen LogP contribution >= 0.6 is 23.2 Å². The summed E-state index contributed by atoms with van der Waals surface area (Å²) >= 11 is 11.7. The van der Waals surface area contributed by atoms with E-state index >= 15 is 0 Å². The van der Waals surface area contributed by atoms with E-state index in [2.05, 4.69) is 4.98 Å². The Hall–Kier alpha value is -2.05. The molecule has 1 aromatic carbocycles. The van der Waals surface area contributed by atoms with E-state index in [1.807, 2.05) is 0 Å². The van der Waals surface area contributed by atoms with E-state index in [1.54, 1.807) is 12.1 Å². The van der Waals surface area contributed by atoms with Crippen LogP contribution in [-0.2, 0) is 0 Å². The first kappa shape index (κ1) is 13.4. The number of pyridine rings is 1. The summed E-state index contributed by atoms with van der Waals surface area (Å²) in [5.41, 5.74) is 5.24. The molecule has 0 saturated carbocycles. The van der Waals surface area contributed by atoms with Crippen LogP contribution in [-0.4, -0.2) is 9.91 Å². The van der Waals surface area contributed by atoms with Crippen molar-refractivity contribution in [3.05, 3.63) is 50.5 Å². The Morgan fingerprint density at radius 3 is 2.68 bits per heavy atom. The quantitative estimate of drug-likeness (QED) is 0.689. The van der Waals surface area contributed by atoms with Crippen LogP contribution in [0, 0.1) is 10.1 Å². The third kappa shape index (κ3) is 3.24. The van der Waals surface area contributed by atoms with Crippen LogP contribution in [0.5, 0.6) is 11.6 Å². The fourth-order valence-electron chi connectivity index (χ4n) is 1.34. The zero-order valence-corrected chi connectivity index (χ0v) is 10.9. The highest BCUT2D eigenvalue weighted by Crippen LogP contribution is 2.32. The summed E-state index contributed by atoms with van der Waals surface area (Å²) in [6, 6.07) is 6.88. The van der Waals surface area contributed by atoms with Gasteiger partial charge in [0.15, 0.2) is 0 Å². The van der Waals surface area contributed by atoms with Crippen molar-refractivity contribution in [1.82, 2.24) is 4.98 Å². The van der Waals surface area contributed by atoms with Crippen LogP contribution in [0.3, 0.4) is 0 Å². The molecular weight excluding hydrogens is 293 g/mol. The smallest absolute Gasteiger partial charge is 0.278 e. The third-order valence-electron chi connectivity index (χ3n) is 2.13. The van der Waals surface area contributed by atoms with Gasteiger partial charge in [0.05, 0.1) is 22.1 Å². The van der Waals surface area contributed by atoms with Crippen molar-refractivity contribution in [2.75, 3.05) is 5.73 Å². The summed E-state index contributed by atoms with van der Waals surface area (Å²) in [6.07, 6.45) is 0. The third-order valence-corrected chi connectivity index (χ3v) is 2.67. The molecule has 0 atom stereocenters. The minimum absolute atomic E-state index is 0.0256. The Balaban J connectivity index is 2.38. The predicted octanol–water partition coefficient (Wildman–Crippen LogP) is 3.67. The first-order valence-corrected chi connectivity index (χ1v) is 5.76. The average molecular weight is 300 g/mol. The molecule has 6 nitrogen and oxygen atoms in total. The van der Waals surface area contributed by atoms with E-state index in [-0.39, 0.29) is 23.1 Å². The van der Waals surface area contributed by atoms with Gasteiger partial charge < -0.3 is 10.5 Å². The molecule has 0 radical (unpaired) electrons. The Morgan fingerprint density at radius 1 is 1.26 bits per heavy atom. The molecule has 8 heteroatoms. The number of nitro groups is 1. The number of benzene rings is 1. The maximum atomic E-state index is 10.7. The second-order valence-corrected chi connectivity index (χ2v) is 4.37. The molecule has 0 unspecified atom stereocenters. The molecule has 0 aliphatic carbocycles. The van der Waals surface area contributed by atoms with Crippen molar-refractivity contribution in [2.24, 2.45) is 0 Å². The van der Waals surface area contributed by atoms with E-state index in [9.17, 15) is 10.1 Å². The lowest BCUT2D eigenvalue weighted by atomic mass is 10.3. The predicted molar refractivity (Wildman–Crippen MR) is 71.8 cm³/mol. The summed E-state index contributed by atoms with van der Waals surface area (Å²) in [6.45, 7) is 0. The number of nitrogens with two attached hydrogens (primary N) is 1. The zero-order valence-electron chi connectivity index (χ0n) is 9.34. The largest absolute Gasteiger partial charge is 0.437 e. The summed E-state index contributed by atoms with van der Waals surface area (Å²) in [5.74, 6) is 0.180. The van der Waals surface area contributed by atoms with Crippen molar-refractivity contribution in [1.29, 1.82) is 0 Å². The Kier molecular flexibility index (Phi) is 3.73. The van der Waals surface area contributed by atoms with E-state index in [0.717, 1.165) is 12.1 Å². The maximum absolute atomic E-state index is 10.7. The first-order chi connectivity index (χ1) is 8.95. The zero-order chi connectivity index (χ0) is 14.0. The van der Waals surface area contributed by atoms with Gasteiger partial charge in [0.25, 0.3) is 5.69 Å². The fourth-order valence-corrected chi connectivity index (χ4v) is 1.66. The molecular formula is C11H7Cl2N3O3. The maximum Gasteiger partial charge on any atom is 0.278 e. The van der Waals surface area contributed by atoms with Gasteiger partial charge in [-0.2, -0.15) is 4.98 Å². The molecule has 2 aromatic rings. The number of hydrogen-bond acceptors (Lipinski definition) is 5. The van der Waals surface area contributed by atoms with Gasteiger partial charge in [-0.15, -0.1) is 0 Å². The average Bonchev–Trinajstić information content (AvgIpc) is 2.33. The van der Waals surface area contributed by atoms with E-state index in [1.165, 1.54) is 6.07 Å². The topological polar surface area (TPSA) is 91.3 Å². The van der Waals surface area contributed by atoms with Crippen LogP contribution in [0.2, 0.25) is 10.0 Å². The summed E-state index contributed by atoms with van der Waals surface area (Å²) in [7, 11) is 0. The minimum Gasteiger partial charge on any atom is -0.437 e. The van der Waals surface area contributed by atoms with Crippen LogP contribution in [0.1, 0.15) is 0 Å². The summed E-state index contributed by atoms with van der Waals surface area (Å²) in [4.78, 5) is 13.9. The Morgan fingerprint density at radius 2 is 2.00 bits per heavy atom. The second-order valence-electron chi connectivity index (χ2n) is 3.52. The van der Waals surface area contributed by atoms with E-state index in [4.69, 9.17) is 33.7 Å². The van der Waals surface area contributed by atoms with Crippen LogP contribution in [0.15, 0.2) is 30.3 Å². The minimum atomic E-state index is -0.593. The van der Waals surface area contributed by atoms with Gasteiger partial charge in [-0.25, -0.2) is 0 Å². The van der Waals surface area contributed by atoms with Crippen molar-refractivity contribution < 1.29 is 9.66 Å². The lowest BCUT2D eigenvalue weighted by Crippen LogP contribution is -1.97. The molecule has 2 N–H and O–H groups in total. The number of anilines is 1. The van der Waals surface area contributed by atoms with Crippen molar-refractivity contribution in [2.45, 2.75) is 0 Å². The number of halogens is 2. The van der Waals surface area contributed by atoms with Crippen molar-refractivity contribution >= 4 is 34.7 Å². The monoisotopic (exact) mass is 299 g/mol. The molecule has 0 fully saturated rings. The highest BCUT2D eigenvalue weighted by molar-refractivity contribution is 6.34. The van der Waals surface area contributed by atoms with Crippen LogP contribution < -0.4 is 10.5 Å². The SMILES string of the molecule is Nc1cc([N+](=O)[O-])cc(Oc2cc(Cl)ccc2Cl)n1. The normalized spacial score (nSPS) is 10.2. The van der Waals surface area contributed by atoms with Crippen molar-refractivity contribution in [3.63, 3.8) is 0 Å². The number of nitrogens with zero attached hydrogens (tertiary/aromatic N) is 2. The van der Waals surface area contributed by atoms with Gasteiger partial charge in [0, 0.05) is 11.1 Å². The van der Waals surface area contributed by atoms with Gasteiger partial charge >= 0.3 is 0 Å². The lowest BCUT2D eigenvalue weighted by Gasteiger charge is -2.07. The van der Waals surface area contributed by atoms with Gasteiger partial charge in [-0.05, 0) is 12.1 Å². The second kappa shape index (κ2) is 5.29. The number of nitrogen functional groups attached to an aromatic ring is 1.